The van der Waals surface area contributed by atoms with Gasteiger partial charge < -0.3 is 9.84 Å². The van der Waals surface area contributed by atoms with E-state index in [9.17, 15) is 9.18 Å². The number of hydrogen-bond acceptors (Lipinski definition) is 6. The molecule has 4 rings (SSSR count). The average molecular weight is 422 g/mol. The quantitative estimate of drug-likeness (QED) is 0.428. The van der Waals surface area contributed by atoms with Gasteiger partial charge in [-0.3, -0.25) is 4.79 Å². The molecule has 2 aromatic heterocycles. The number of nitrogens with one attached hydrogen (secondary N) is 1. The molecule has 2 aromatic carbocycles. The molecule has 0 saturated heterocycles. The Kier molecular flexibility index (Phi) is 5.76. The maximum absolute atomic E-state index is 13.3. The van der Waals surface area contributed by atoms with Crippen LogP contribution in [0.3, 0.4) is 0 Å². The molecule has 0 aliphatic rings. The molecule has 4 aromatic rings. The van der Waals surface area contributed by atoms with Crippen LogP contribution in [0.1, 0.15) is 19.1 Å². The molecule has 0 spiro atoms. The molecular formula is C22H19FN4O2S. The maximum Gasteiger partial charge on any atom is 0.239 e. The second kappa shape index (κ2) is 8.62. The Hall–Kier alpha value is -3.26. The van der Waals surface area contributed by atoms with Gasteiger partial charge in [0.05, 0.1) is 5.25 Å². The second-order valence-electron chi connectivity index (χ2n) is 6.73. The minimum absolute atomic E-state index is 0.177. The molecule has 152 valence electrons. The first-order valence-corrected chi connectivity index (χ1v) is 10.4. The summed E-state index contributed by atoms with van der Waals surface area (Å²) in [5.74, 6) is 0.532. The number of aryl methyl sites for hydroxylation is 1. The van der Waals surface area contributed by atoms with Gasteiger partial charge in [-0.1, -0.05) is 48.1 Å². The summed E-state index contributed by atoms with van der Waals surface area (Å²) in [5.41, 5.74) is 1.45. The number of carbonyl (C=O) groups excluding carboxylic acids is 1. The second-order valence-corrected chi connectivity index (χ2v) is 7.92. The molecule has 0 aliphatic carbocycles. The average Bonchev–Trinajstić information content (AvgIpc) is 3.17. The Bertz CT molecular complexity index is 1190. The van der Waals surface area contributed by atoms with E-state index in [1.807, 2.05) is 31.2 Å². The van der Waals surface area contributed by atoms with Gasteiger partial charge in [-0.15, -0.1) is 10.2 Å². The maximum atomic E-state index is 13.3. The molecule has 0 fully saturated rings. The minimum Gasteiger partial charge on any atom is -0.360 e. The van der Waals surface area contributed by atoms with Crippen molar-refractivity contribution in [3.8, 4) is 11.3 Å². The summed E-state index contributed by atoms with van der Waals surface area (Å²) in [6.45, 7) is 3.70. The van der Waals surface area contributed by atoms with E-state index < -0.39 is 0 Å². The first kappa shape index (κ1) is 20.0. The van der Waals surface area contributed by atoms with Gasteiger partial charge in [-0.25, -0.2) is 4.39 Å². The number of hydrogen-bond donors (Lipinski definition) is 1. The van der Waals surface area contributed by atoms with Gasteiger partial charge in [0, 0.05) is 22.4 Å². The number of amides is 1. The van der Waals surface area contributed by atoms with E-state index in [1.54, 1.807) is 25.1 Å². The van der Waals surface area contributed by atoms with Crippen LogP contribution in [0.15, 0.2) is 64.1 Å². The van der Waals surface area contributed by atoms with E-state index in [4.69, 9.17) is 4.52 Å². The lowest BCUT2D eigenvalue weighted by molar-refractivity contribution is -0.115. The Labute approximate surface area is 176 Å². The molecule has 0 saturated carbocycles. The van der Waals surface area contributed by atoms with Gasteiger partial charge in [0.25, 0.3) is 0 Å². The smallest absolute Gasteiger partial charge is 0.239 e. The highest BCUT2D eigenvalue weighted by atomic mass is 32.2. The number of benzene rings is 2. The van der Waals surface area contributed by atoms with Crippen molar-refractivity contribution in [2.24, 2.45) is 0 Å². The number of halogens is 1. The predicted molar refractivity (Wildman–Crippen MR) is 115 cm³/mol. The van der Waals surface area contributed by atoms with Crippen molar-refractivity contribution in [3.63, 3.8) is 0 Å². The number of carbonyl (C=O) groups is 1. The molecule has 8 heteroatoms. The highest BCUT2D eigenvalue weighted by molar-refractivity contribution is 8.00. The zero-order valence-electron chi connectivity index (χ0n) is 16.4. The first-order valence-electron chi connectivity index (χ1n) is 9.47. The SMILES string of the molecule is CCC(Sc1nnc(-c2ccc(F)cc2)c2ccccc12)C(=O)Nc1cc(C)on1. The summed E-state index contributed by atoms with van der Waals surface area (Å²) < 4.78 is 18.3. The van der Waals surface area contributed by atoms with Crippen molar-refractivity contribution < 1.29 is 13.7 Å². The zero-order valence-corrected chi connectivity index (χ0v) is 17.2. The summed E-state index contributed by atoms with van der Waals surface area (Å²) in [7, 11) is 0. The standard InChI is InChI=1S/C22H19FN4O2S/c1-3-18(21(28)24-19-12-13(2)29-27-19)30-22-17-7-5-4-6-16(17)20(25-26-22)14-8-10-15(23)11-9-14/h4-12,18H,3H2,1-2H3,(H,24,27,28). The molecule has 1 N–H and O–H groups in total. The highest BCUT2D eigenvalue weighted by Gasteiger charge is 2.22. The predicted octanol–water partition coefficient (Wildman–Crippen LogP) is 5.24. The van der Waals surface area contributed by atoms with Crippen LogP contribution < -0.4 is 5.32 Å². The lowest BCUT2D eigenvalue weighted by atomic mass is 10.1. The lowest BCUT2D eigenvalue weighted by Gasteiger charge is -2.15. The largest absolute Gasteiger partial charge is 0.360 e. The molecule has 1 unspecified atom stereocenters. The highest BCUT2D eigenvalue weighted by Crippen LogP contribution is 2.34. The van der Waals surface area contributed by atoms with Crippen LogP contribution in [0, 0.1) is 12.7 Å². The van der Waals surface area contributed by atoms with Gasteiger partial charge in [-0.05, 0) is 37.6 Å². The molecule has 30 heavy (non-hydrogen) atoms. The van der Waals surface area contributed by atoms with Crippen molar-refractivity contribution in [1.82, 2.24) is 15.4 Å². The third-order valence-electron chi connectivity index (χ3n) is 4.57. The summed E-state index contributed by atoms with van der Waals surface area (Å²) in [4.78, 5) is 12.7. The summed E-state index contributed by atoms with van der Waals surface area (Å²) >= 11 is 1.35. The summed E-state index contributed by atoms with van der Waals surface area (Å²) in [6.07, 6.45) is 0.600. The minimum atomic E-state index is -0.378. The topological polar surface area (TPSA) is 80.9 Å². The third kappa shape index (κ3) is 4.18. The number of thioether (sulfide) groups is 1. The molecule has 1 amide bonds. The normalized spacial score (nSPS) is 12.1. The lowest BCUT2D eigenvalue weighted by Crippen LogP contribution is -2.24. The molecule has 0 aliphatic heterocycles. The number of anilines is 1. The molecule has 0 bridgehead atoms. The van der Waals surface area contributed by atoms with E-state index in [2.05, 4.69) is 20.7 Å². The molecule has 6 nitrogen and oxygen atoms in total. The summed E-state index contributed by atoms with van der Waals surface area (Å²) in [6, 6.07) is 15.6. The van der Waals surface area contributed by atoms with E-state index in [0.717, 1.165) is 16.3 Å². The molecule has 2 heterocycles. The number of rotatable bonds is 6. The van der Waals surface area contributed by atoms with Crippen molar-refractivity contribution in [3.05, 3.63) is 66.2 Å². The fraction of sp³-hybridized carbons (Fsp3) is 0.182. The molecular weight excluding hydrogens is 403 g/mol. The van der Waals surface area contributed by atoms with Gasteiger partial charge >= 0.3 is 0 Å². The fourth-order valence-electron chi connectivity index (χ4n) is 3.08. The Morgan fingerprint density at radius 2 is 1.87 bits per heavy atom. The summed E-state index contributed by atoms with van der Waals surface area (Å²) in [5, 5.41) is 17.4. The Balaban J connectivity index is 1.64. The van der Waals surface area contributed by atoms with E-state index >= 15 is 0 Å². The van der Waals surface area contributed by atoms with Crippen LogP contribution in [0.2, 0.25) is 0 Å². The van der Waals surface area contributed by atoms with Crippen molar-refractivity contribution in [2.45, 2.75) is 30.5 Å². The van der Waals surface area contributed by atoms with Crippen LogP contribution in [-0.2, 0) is 4.79 Å². The van der Waals surface area contributed by atoms with E-state index in [1.165, 1.54) is 23.9 Å². The van der Waals surface area contributed by atoms with Crippen molar-refractivity contribution in [1.29, 1.82) is 0 Å². The molecule has 1 atom stereocenters. The monoisotopic (exact) mass is 422 g/mol. The zero-order chi connectivity index (χ0) is 21.1. The number of nitrogens with zero attached hydrogens (tertiary/aromatic N) is 3. The van der Waals surface area contributed by atoms with E-state index in [0.29, 0.717) is 28.7 Å². The Morgan fingerprint density at radius 1 is 1.13 bits per heavy atom. The van der Waals surface area contributed by atoms with Gasteiger partial charge in [0.2, 0.25) is 5.91 Å². The van der Waals surface area contributed by atoms with Crippen LogP contribution >= 0.6 is 11.8 Å². The van der Waals surface area contributed by atoms with Gasteiger partial charge in [-0.2, -0.15) is 0 Å². The Morgan fingerprint density at radius 3 is 2.53 bits per heavy atom. The van der Waals surface area contributed by atoms with Crippen LogP contribution in [0.4, 0.5) is 10.2 Å². The van der Waals surface area contributed by atoms with Crippen LogP contribution in [0.5, 0.6) is 0 Å². The van der Waals surface area contributed by atoms with Crippen LogP contribution in [-0.4, -0.2) is 26.5 Å². The molecule has 0 radical (unpaired) electrons. The van der Waals surface area contributed by atoms with E-state index in [-0.39, 0.29) is 17.0 Å². The van der Waals surface area contributed by atoms with Gasteiger partial charge in [0.1, 0.15) is 22.3 Å². The fourth-order valence-corrected chi connectivity index (χ4v) is 4.07. The van der Waals surface area contributed by atoms with Gasteiger partial charge in [0.15, 0.2) is 5.82 Å². The number of fused-ring (bicyclic) bond motifs is 1. The third-order valence-corrected chi connectivity index (χ3v) is 5.92. The van der Waals surface area contributed by atoms with Crippen molar-refractivity contribution >= 4 is 34.3 Å². The van der Waals surface area contributed by atoms with Crippen LogP contribution in [0.25, 0.3) is 22.0 Å². The first-order chi connectivity index (χ1) is 14.5. The van der Waals surface area contributed by atoms with Crippen molar-refractivity contribution in [2.75, 3.05) is 5.32 Å². The number of aromatic nitrogens is 3.